The first-order valence-electron chi connectivity index (χ1n) is 9.91. The van der Waals surface area contributed by atoms with Crippen molar-refractivity contribution in [1.82, 2.24) is 5.43 Å². The molecular formula is C24H24FN3O3S. The van der Waals surface area contributed by atoms with Crippen LogP contribution in [0.5, 0.6) is 0 Å². The van der Waals surface area contributed by atoms with E-state index in [0.717, 1.165) is 15.4 Å². The Labute approximate surface area is 187 Å². The van der Waals surface area contributed by atoms with Crippen LogP contribution in [-0.2, 0) is 14.8 Å². The Morgan fingerprint density at radius 3 is 2.34 bits per heavy atom. The number of aryl methyl sites for hydroxylation is 3. The molecule has 1 amide bonds. The van der Waals surface area contributed by atoms with Gasteiger partial charge in [-0.2, -0.15) is 5.10 Å². The first-order chi connectivity index (χ1) is 15.2. The smallest absolute Gasteiger partial charge is 0.264 e. The molecule has 166 valence electrons. The Morgan fingerprint density at radius 1 is 1.00 bits per heavy atom. The van der Waals surface area contributed by atoms with Crippen LogP contribution in [0.15, 0.2) is 76.7 Å². The fourth-order valence-corrected chi connectivity index (χ4v) is 4.52. The zero-order valence-corrected chi connectivity index (χ0v) is 18.9. The van der Waals surface area contributed by atoms with Gasteiger partial charge in [0.1, 0.15) is 12.4 Å². The molecule has 0 fully saturated rings. The van der Waals surface area contributed by atoms with Crippen molar-refractivity contribution >= 4 is 27.8 Å². The summed E-state index contributed by atoms with van der Waals surface area (Å²) in [6, 6.07) is 17.8. The third-order valence-electron chi connectivity index (χ3n) is 4.83. The van der Waals surface area contributed by atoms with E-state index < -0.39 is 28.3 Å². The highest BCUT2D eigenvalue weighted by atomic mass is 32.2. The van der Waals surface area contributed by atoms with Crippen molar-refractivity contribution in [3.8, 4) is 0 Å². The Morgan fingerprint density at radius 2 is 1.66 bits per heavy atom. The molecule has 0 aliphatic rings. The summed E-state index contributed by atoms with van der Waals surface area (Å²) < 4.78 is 41.7. The first-order valence-corrected chi connectivity index (χ1v) is 11.4. The van der Waals surface area contributed by atoms with Gasteiger partial charge < -0.3 is 0 Å². The maximum atomic E-state index is 13.7. The summed E-state index contributed by atoms with van der Waals surface area (Å²) in [5.41, 5.74) is 5.36. The van der Waals surface area contributed by atoms with Gasteiger partial charge in [-0.25, -0.2) is 18.2 Å². The van der Waals surface area contributed by atoms with Crippen molar-refractivity contribution in [2.75, 3.05) is 10.8 Å². The highest BCUT2D eigenvalue weighted by molar-refractivity contribution is 7.92. The lowest BCUT2D eigenvalue weighted by Crippen LogP contribution is -2.40. The molecule has 0 bridgehead atoms. The Bertz CT molecular complexity index is 1260. The first kappa shape index (κ1) is 23.1. The number of halogens is 1. The lowest BCUT2D eigenvalue weighted by molar-refractivity contribution is -0.119. The van der Waals surface area contributed by atoms with Crippen LogP contribution in [0, 0.1) is 26.6 Å². The molecule has 0 aliphatic heterocycles. The van der Waals surface area contributed by atoms with Crippen molar-refractivity contribution in [3.63, 3.8) is 0 Å². The van der Waals surface area contributed by atoms with Gasteiger partial charge in [0, 0.05) is 5.56 Å². The molecule has 3 aromatic rings. The molecule has 6 nitrogen and oxygen atoms in total. The molecule has 1 N–H and O–H groups in total. The van der Waals surface area contributed by atoms with Crippen molar-refractivity contribution in [1.29, 1.82) is 0 Å². The van der Waals surface area contributed by atoms with Gasteiger partial charge in [0.2, 0.25) is 0 Å². The largest absolute Gasteiger partial charge is 0.271 e. The molecule has 0 aromatic heterocycles. The number of nitrogens with one attached hydrogen (secondary N) is 1. The fourth-order valence-electron chi connectivity index (χ4n) is 3.04. The van der Waals surface area contributed by atoms with Gasteiger partial charge in [0.05, 0.1) is 16.8 Å². The molecule has 0 saturated carbocycles. The molecule has 3 rings (SSSR count). The number of anilines is 1. The third-order valence-corrected chi connectivity index (χ3v) is 6.60. The molecule has 0 radical (unpaired) electrons. The normalized spacial score (nSPS) is 11.5. The molecule has 0 spiro atoms. The van der Waals surface area contributed by atoms with E-state index in [0.29, 0.717) is 11.3 Å². The number of nitrogens with zero attached hydrogens (tertiary/aromatic N) is 2. The van der Waals surface area contributed by atoms with E-state index in [4.69, 9.17) is 0 Å². The van der Waals surface area contributed by atoms with Gasteiger partial charge >= 0.3 is 0 Å². The SMILES string of the molecule is Cc1ccc(S(=O)(=O)N(CC(=O)N/N=C\c2ccccc2F)c2cc(C)ccc2C)cc1. The number of hydrazone groups is 1. The van der Waals surface area contributed by atoms with Gasteiger partial charge in [-0.1, -0.05) is 48.0 Å². The van der Waals surface area contributed by atoms with Crippen LogP contribution < -0.4 is 9.73 Å². The standard InChI is InChI=1S/C24H24FN3O3S/c1-17-9-12-21(13-10-17)32(30,31)28(23-14-18(2)8-11-19(23)3)16-24(29)27-26-15-20-6-4-5-7-22(20)25/h4-15H,16H2,1-3H3,(H,27,29)/b26-15-. The minimum atomic E-state index is -4.03. The number of hydrogen-bond donors (Lipinski definition) is 1. The molecule has 8 heteroatoms. The van der Waals surface area contributed by atoms with Gasteiger partial charge in [0.25, 0.3) is 15.9 Å². The number of amides is 1. The third kappa shape index (κ3) is 5.39. The number of rotatable bonds is 7. The summed E-state index contributed by atoms with van der Waals surface area (Å²) in [7, 11) is -4.03. The van der Waals surface area contributed by atoms with Crippen LogP contribution in [0.2, 0.25) is 0 Å². The Hall–Kier alpha value is -3.52. The zero-order chi connectivity index (χ0) is 23.3. The second-order valence-corrected chi connectivity index (χ2v) is 9.29. The van der Waals surface area contributed by atoms with Gasteiger partial charge in [-0.15, -0.1) is 0 Å². The lowest BCUT2D eigenvalue weighted by Gasteiger charge is -2.25. The van der Waals surface area contributed by atoms with Crippen molar-refractivity contribution < 1.29 is 17.6 Å². The van der Waals surface area contributed by atoms with E-state index in [-0.39, 0.29) is 10.5 Å². The average molecular weight is 454 g/mol. The summed E-state index contributed by atoms with van der Waals surface area (Å²) in [4.78, 5) is 12.7. The molecule has 0 saturated heterocycles. The number of carbonyl (C=O) groups excluding carboxylic acids is 1. The summed E-state index contributed by atoms with van der Waals surface area (Å²) in [5.74, 6) is -1.14. The summed E-state index contributed by atoms with van der Waals surface area (Å²) in [6.45, 7) is 4.99. The minimum Gasteiger partial charge on any atom is -0.271 e. The van der Waals surface area contributed by atoms with Crippen LogP contribution in [0.4, 0.5) is 10.1 Å². The second kappa shape index (κ2) is 9.74. The number of benzene rings is 3. The maximum Gasteiger partial charge on any atom is 0.264 e. The zero-order valence-electron chi connectivity index (χ0n) is 18.0. The van der Waals surface area contributed by atoms with E-state index in [1.165, 1.54) is 30.5 Å². The number of sulfonamides is 1. The molecule has 32 heavy (non-hydrogen) atoms. The predicted octanol–water partition coefficient (Wildman–Crippen LogP) is 4.10. The van der Waals surface area contributed by atoms with Crippen molar-refractivity contribution in [2.45, 2.75) is 25.7 Å². The highest BCUT2D eigenvalue weighted by Crippen LogP contribution is 2.28. The second-order valence-electron chi connectivity index (χ2n) is 7.43. The monoisotopic (exact) mass is 453 g/mol. The summed E-state index contributed by atoms with van der Waals surface area (Å²) >= 11 is 0. The van der Waals surface area contributed by atoms with E-state index in [9.17, 15) is 17.6 Å². The Kier molecular flexibility index (Phi) is 7.05. The Balaban J connectivity index is 1.91. The molecular weight excluding hydrogens is 429 g/mol. The minimum absolute atomic E-state index is 0.0756. The summed E-state index contributed by atoms with van der Waals surface area (Å²) in [6.07, 6.45) is 1.17. The summed E-state index contributed by atoms with van der Waals surface area (Å²) in [5, 5.41) is 3.77. The van der Waals surface area contributed by atoms with Crippen LogP contribution in [-0.4, -0.2) is 27.1 Å². The fraction of sp³-hybridized carbons (Fsp3) is 0.167. The quantitative estimate of drug-likeness (QED) is 0.432. The van der Waals surface area contributed by atoms with Crippen LogP contribution in [0.25, 0.3) is 0 Å². The van der Waals surface area contributed by atoms with E-state index in [2.05, 4.69) is 10.5 Å². The molecule has 0 aliphatic carbocycles. The topological polar surface area (TPSA) is 78.8 Å². The molecule has 0 unspecified atom stereocenters. The number of hydrogen-bond acceptors (Lipinski definition) is 4. The van der Waals surface area contributed by atoms with Crippen LogP contribution in [0.1, 0.15) is 22.3 Å². The van der Waals surface area contributed by atoms with Gasteiger partial charge in [-0.05, 0) is 56.2 Å². The predicted molar refractivity (Wildman–Crippen MR) is 124 cm³/mol. The lowest BCUT2D eigenvalue weighted by atomic mass is 10.1. The van der Waals surface area contributed by atoms with Gasteiger partial charge in [0.15, 0.2) is 0 Å². The van der Waals surface area contributed by atoms with E-state index in [1.807, 2.05) is 19.9 Å². The van der Waals surface area contributed by atoms with Crippen LogP contribution in [0.3, 0.4) is 0 Å². The highest BCUT2D eigenvalue weighted by Gasteiger charge is 2.28. The van der Waals surface area contributed by atoms with E-state index >= 15 is 0 Å². The van der Waals surface area contributed by atoms with Gasteiger partial charge in [-0.3, -0.25) is 9.10 Å². The molecule has 0 heterocycles. The number of carbonyl (C=O) groups is 1. The maximum absolute atomic E-state index is 13.7. The van der Waals surface area contributed by atoms with Crippen LogP contribution >= 0.6 is 0 Å². The average Bonchev–Trinajstić information content (AvgIpc) is 2.75. The molecule has 3 aromatic carbocycles. The molecule has 0 atom stereocenters. The van der Waals surface area contributed by atoms with Crippen molar-refractivity contribution in [3.05, 3.63) is 94.8 Å². The van der Waals surface area contributed by atoms with Crippen molar-refractivity contribution in [2.24, 2.45) is 5.10 Å². The van der Waals surface area contributed by atoms with E-state index in [1.54, 1.807) is 43.3 Å².